The molecule has 162 valence electrons. The molecule has 0 radical (unpaired) electrons. The van der Waals surface area contributed by atoms with Gasteiger partial charge in [-0.2, -0.15) is 0 Å². The standard InChI is InChI=1S/C25H34N2O3/c1-28-24-16-20-11-14-27(18-21(20)17-25(24)29-2)22-8-6-12-26(19-22)13-7-15-30-23-9-4-3-5-10-23/h3-5,9-10,16-17,22H,6-8,11-15,18-19H2,1-2H3/t22-/m0/s1. The van der Waals surface area contributed by atoms with Gasteiger partial charge >= 0.3 is 0 Å². The van der Waals surface area contributed by atoms with E-state index < -0.39 is 0 Å². The fraction of sp³-hybridized carbons (Fsp3) is 0.520. The minimum absolute atomic E-state index is 0.634. The molecule has 1 saturated heterocycles. The molecule has 2 aromatic carbocycles. The van der Waals surface area contributed by atoms with Crippen molar-refractivity contribution in [2.75, 3.05) is 47.0 Å². The van der Waals surface area contributed by atoms with Gasteiger partial charge in [-0.1, -0.05) is 18.2 Å². The highest BCUT2D eigenvalue weighted by molar-refractivity contribution is 5.48. The molecule has 4 rings (SSSR count). The third kappa shape index (κ3) is 5.08. The number of hydrogen-bond acceptors (Lipinski definition) is 5. The zero-order chi connectivity index (χ0) is 20.8. The number of likely N-dealkylation sites (tertiary alicyclic amines) is 1. The first-order valence-electron chi connectivity index (χ1n) is 11.1. The topological polar surface area (TPSA) is 34.2 Å². The van der Waals surface area contributed by atoms with E-state index in [1.807, 2.05) is 30.3 Å². The lowest BCUT2D eigenvalue weighted by Crippen LogP contribution is -2.49. The van der Waals surface area contributed by atoms with Crippen LogP contribution in [-0.2, 0) is 13.0 Å². The maximum absolute atomic E-state index is 5.86. The van der Waals surface area contributed by atoms with Crippen molar-refractivity contribution in [2.24, 2.45) is 0 Å². The summed E-state index contributed by atoms with van der Waals surface area (Å²) in [5.74, 6) is 2.64. The summed E-state index contributed by atoms with van der Waals surface area (Å²) < 4.78 is 16.9. The van der Waals surface area contributed by atoms with E-state index in [-0.39, 0.29) is 0 Å². The van der Waals surface area contributed by atoms with Crippen molar-refractivity contribution in [1.29, 1.82) is 0 Å². The minimum Gasteiger partial charge on any atom is -0.494 e. The number of ether oxygens (including phenoxy) is 3. The van der Waals surface area contributed by atoms with E-state index in [4.69, 9.17) is 14.2 Å². The molecule has 0 unspecified atom stereocenters. The van der Waals surface area contributed by atoms with Gasteiger partial charge in [-0.25, -0.2) is 0 Å². The van der Waals surface area contributed by atoms with Gasteiger partial charge in [0.05, 0.1) is 20.8 Å². The Morgan fingerprint density at radius 2 is 1.73 bits per heavy atom. The van der Waals surface area contributed by atoms with E-state index in [1.54, 1.807) is 14.2 Å². The van der Waals surface area contributed by atoms with Crippen LogP contribution in [0, 0.1) is 0 Å². The van der Waals surface area contributed by atoms with Crippen molar-refractivity contribution in [1.82, 2.24) is 9.80 Å². The number of benzene rings is 2. The Hall–Kier alpha value is -2.24. The average molecular weight is 411 g/mol. The van der Waals surface area contributed by atoms with Crippen LogP contribution in [0.3, 0.4) is 0 Å². The molecule has 0 spiro atoms. The Kier molecular flexibility index (Phi) is 7.13. The third-order valence-corrected chi connectivity index (χ3v) is 6.38. The fourth-order valence-electron chi connectivity index (χ4n) is 4.74. The van der Waals surface area contributed by atoms with E-state index in [2.05, 4.69) is 21.9 Å². The van der Waals surface area contributed by atoms with Crippen molar-refractivity contribution in [3.63, 3.8) is 0 Å². The van der Waals surface area contributed by atoms with Crippen LogP contribution < -0.4 is 14.2 Å². The van der Waals surface area contributed by atoms with Gasteiger partial charge in [-0.05, 0) is 67.6 Å². The van der Waals surface area contributed by atoms with Crippen molar-refractivity contribution in [2.45, 2.75) is 38.3 Å². The third-order valence-electron chi connectivity index (χ3n) is 6.38. The summed E-state index contributed by atoms with van der Waals surface area (Å²) >= 11 is 0. The van der Waals surface area contributed by atoms with Crippen LogP contribution in [0.5, 0.6) is 17.2 Å². The lowest BCUT2D eigenvalue weighted by Gasteiger charge is -2.41. The van der Waals surface area contributed by atoms with Gasteiger partial charge in [0.15, 0.2) is 11.5 Å². The van der Waals surface area contributed by atoms with E-state index in [0.29, 0.717) is 6.04 Å². The Morgan fingerprint density at radius 3 is 2.50 bits per heavy atom. The van der Waals surface area contributed by atoms with Gasteiger partial charge in [0.25, 0.3) is 0 Å². The molecule has 5 heteroatoms. The van der Waals surface area contributed by atoms with Gasteiger partial charge in [0.1, 0.15) is 5.75 Å². The number of methoxy groups -OCH3 is 2. The number of piperidine rings is 1. The molecule has 5 nitrogen and oxygen atoms in total. The summed E-state index contributed by atoms with van der Waals surface area (Å²) in [5, 5.41) is 0. The van der Waals surface area contributed by atoms with Crippen molar-refractivity contribution < 1.29 is 14.2 Å². The second-order valence-corrected chi connectivity index (χ2v) is 8.31. The molecule has 2 aliphatic rings. The molecule has 0 N–H and O–H groups in total. The largest absolute Gasteiger partial charge is 0.494 e. The normalized spacial score (nSPS) is 19.9. The molecule has 2 heterocycles. The van der Waals surface area contributed by atoms with Crippen LogP contribution in [0.4, 0.5) is 0 Å². The fourth-order valence-corrected chi connectivity index (χ4v) is 4.74. The monoisotopic (exact) mass is 410 g/mol. The molecular formula is C25H34N2O3. The average Bonchev–Trinajstić information content (AvgIpc) is 2.81. The molecule has 0 aliphatic carbocycles. The molecule has 0 amide bonds. The smallest absolute Gasteiger partial charge is 0.161 e. The highest BCUT2D eigenvalue weighted by Crippen LogP contribution is 2.34. The SMILES string of the molecule is COc1cc2c(cc1OC)CN([C@H]1CCCN(CCCOc3ccccc3)C1)CC2. The Morgan fingerprint density at radius 1 is 0.967 bits per heavy atom. The first kappa shape index (κ1) is 21.0. The number of fused-ring (bicyclic) bond motifs is 1. The maximum Gasteiger partial charge on any atom is 0.161 e. The Bertz CT molecular complexity index is 812. The van der Waals surface area contributed by atoms with Gasteiger partial charge in [-0.3, -0.25) is 4.90 Å². The van der Waals surface area contributed by atoms with Crippen molar-refractivity contribution in [3.05, 3.63) is 53.6 Å². The summed E-state index contributed by atoms with van der Waals surface area (Å²) in [5.41, 5.74) is 2.78. The van der Waals surface area contributed by atoms with E-state index in [1.165, 1.54) is 30.5 Å². The van der Waals surface area contributed by atoms with Crippen LogP contribution in [0.15, 0.2) is 42.5 Å². The molecule has 0 aromatic heterocycles. The molecule has 1 fully saturated rings. The van der Waals surface area contributed by atoms with E-state index >= 15 is 0 Å². The molecule has 30 heavy (non-hydrogen) atoms. The lowest BCUT2D eigenvalue weighted by atomic mass is 9.95. The Balaban J connectivity index is 1.28. The summed E-state index contributed by atoms with van der Waals surface area (Å²) in [6, 6.07) is 15.1. The minimum atomic E-state index is 0.634. The summed E-state index contributed by atoms with van der Waals surface area (Å²) in [6.07, 6.45) is 4.72. The Labute approximate surface area is 180 Å². The highest BCUT2D eigenvalue weighted by atomic mass is 16.5. The van der Waals surface area contributed by atoms with Crippen LogP contribution in [0.1, 0.15) is 30.4 Å². The summed E-state index contributed by atoms with van der Waals surface area (Å²) in [6.45, 7) is 6.39. The molecule has 1 atom stereocenters. The zero-order valence-corrected chi connectivity index (χ0v) is 18.3. The molecule has 0 saturated carbocycles. The molecule has 2 aromatic rings. The van der Waals surface area contributed by atoms with Crippen molar-refractivity contribution >= 4 is 0 Å². The van der Waals surface area contributed by atoms with Gasteiger partial charge in [-0.15, -0.1) is 0 Å². The summed E-state index contributed by atoms with van der Waals surface area (Å²) in [4.78, 5) is 5.29. The van der Waals surface area contributed by atoms with E-state index in [9.17, 15) is 0 Å². The summed E-state index contributed by atoms with van der Waals surface area (Å²) in [7, 11) is 3.42. The molecule has 2 aliphatic heterocycles. The number of para-hydroxylation sites is 1. The first-order chi connectivity index (χ1) is 14.8. The predicted molar refractivity (Wildman–Crippen MR) is 120 cm³/mol. The van der Waals surface area contributed by atoms with Crippen LogP contribution >= 0.6 is 0 Å². The second-order valence-electron chi connectivity index (χ2n) is 8.31. The number of hydrogen-bond donors (Lipinski definition) is 0. The maximum atomic E-state index is 5.86. The number of nitrogens with zero attached hydrogens (tertiary/aromatic N) is 2. The molecular weight excluding hydrogens is 376 g/mol. The highest BCUT2D eigenvalue weighted by Gasteiger charge is 2.28. The van der Waals surface area contributed by atoms with Crippen LogP contribution in [0.2, 0.25) is 0 Å². The van der Waals surface area contributed by atoms with E-state index in [0.717, 1.165) is 62.9 Å². The quantitative estimate of drug-likeness (QED) is 0.615. The van der Waals surface area contributed by atoms with Gasteiger partial charge < -0.3 is 19.1 Å². The first-order valence-corrected chi connectivity index (χ1v) is 11.1. The van der Waals surface area contributed by atoms with Crippen LogP contribution in [0.25, 0.3) is 0 Å². The lowest BCUT2D eigenvalue weighted by molar-refractivity contribution is 0.0844. The second kappa shape index (κ2) is 10.2. The van der Waals surface area contributed by atoms with Gasteiger partial charge in [0, 0.05) is 32.2 Å². The predicted octanol–water partition coefficient (Wildman–Crippen LogP) is 4.00. The van der Waals surface area contributed by atoms with Gasteiger partial charge in [0.2, 0.25) is 0 Å². The van der Waals surface area contributed by atoms with Crippen LogP contribution in [-0.4, -0.2) is 62.8 Å². The molecule has 0 bridgehead atoms. The zero-order valence-electron chi connectivity index (χ0n) is 18.3. The van der Waals surface area contributed by atoms with Crippen molar-refractivity contribution in [3.8, 4) is 17.2 Å². The number of rotatable bonds is 8.